The van der Waals surface area contributed by atoms with E-state index in [1.807, 2.05) is 30.3 Å². The van der Waals surface area contributed by atoms with E-state index in [0.29, 0.717) is 19.5 Å². The molecule has 0 saturated carbocycles. The van der Waals surface area contributed by atoms with Crippen molar-refractivity contribution in [3.63, 3.8) is 0 Å². The van der Waals surface area contributed by atoms with Crippen LogP contribution >= 0.6 is 0 Å². The molecule has 1 heterocycles. The maximum absolute atomic E-state index is 12.3. The van der Waals surface area contributed by atoms with Crippen molar-refractivity contribution in [2.75, 3.05) is 30.9 Å². The molecule has 1 N–H and O–H groups in total. The van der Waals surface area contributed by atoms with Crippen LogP contribution in [0.1, 0.15) is 12.0 Å². The van der Waals surface area contributed by atoms with Crippen LogP contribution in [-0.2, 0) is 21.4 Å². The minimum absolute atomic E-state index is 0.0149. The van der Waals surface area contributed by atoms with Crippen molar-refractivity contribution in [2.24, 2.45) is 0 Å². The molecule has 0 saturated heterocycles. The Labute approximate surface area is 148 Å². The topological polar surface area (TPSA) is 69.7 Å². The lowest BCUT2D eigenvalue weighted by atomic mass is 10.2. The molecule has 0 radical (unpaired) electrons. The van der Waals surface area contributed by atoms with E-state index in [1.54, 1.807) is 18.2 Å². The summed E-state index contributed by atoms with van der Waals surface area (Å²) >= 11 is 0. The molecule has 0 fully saturated rings. The van der Waals surface area contributed by atoms with Gasteiger partial charge in [0.2, 0.25) is 15.9 Å². The Bertz CT molecular complexity index is 894. The van der Waals surface area contributed by atoms with Crippen LogP contribution in [0.2, 0.25) is 0 Å². The first-order valence-electron chi connectivity index (χ1n) is 8.03. The van der Waals surface area contributed by atoms with Gasteiger partial charge < -0.3 is 10.2 Å². The number of anilines is 2. The zero-order valence-electron chi connectivity index (χ0n) is 14.3. The Morgan fingerprint density at radius 2 is 1.88 bits per heavy atom. The average Bonchev–Trinajstić information content (AvgIpc) is 2.74. The van der Waals surface area contributed by atoms with E-state index < -0.39 is 10.0 Å². The zero-order chi connectivity index (χ0) is 18.0. The number of fused-ring (bicyclic) bond motifs is 1. The number of amides is 1. The van der Waals surface area contributed by atoms with Gasteiger partial charge in [-0.3, -0.25) is 4.79 Å². The molecule has 0 aromatic heterocycles. The highest BCUT2D eigenvalue weighted by Gasteiger charge is 2.21. The lowest BCUT2D eigenvalue weighted by Crippen LogP contribution is -2.25. The van der Waals surface area contributed by atoms with Crippen molar-refractivity contribution in [3.05, 3.63) is 54.1 Å². The van der Waals surface area contributed by atoms with Crippen LogP contribution in [0.5, 0.6) is 0 Å². The first-order chi connectivity index (χ1) is 11.9. The maximum atomic E-state index is 12.3. The smallest absolute Gasteiger partial charge is 0.242 e. The van der Waals surface area contributed by atoms with Crippen LogP contribution in [-0.4, -0.2) is 39.3 Å². The lowest BCUT2D eigenvalue weighted by molar-refractivity contribution is -0.115. The molecule has 0 atom stereocenters. The molecular weight excluding hydrogens is 338 g/mol. The fourth-order valence-corrected chi connectivity index (χ4v) is 3.80. The van der Waals surface area contributed by atoms with Crippen LogP contribution in [0.15, 0.2) is 53.4 Å². The number of nitrogens with one attached hydrogen (secondary N) is 1. The average molecular weight is 359 g/mol. The fourth-order valence-electron chi connectivity index (χ4n) is 2.82. The Balaban J connectivity index is 1.92. The van der Waals surface area contributed by atoms with Crippen LogP contribution in [0.25, 0.3) is 0 Å². The zero-order valence-corrected chi connectivity index (χ0v) is 15.1. The number of carbonyl (C=O) groups excluding carboxylic acids is 1. The summed E-state index contributed by atoms with van der Waals surface area (Å²) in [5.41, 5.74) is 2.60. The third-order valence-corrected chi connectivity index (χ3v) is 5.99. The van der Waals surface area contributed by atoms with Crippen molar-refractivity contribution >= 4 is 27.3 Å². The van der Waals surface area contributed by atoms with E-state index in [2.05, 4.69) is 10.2 Å². The van der Waals surface area contributed by atoms with Gasteiger partial charge in [-0.2, -0.15) is 0 Å². The number of sulfonamides is 1. The minimum Gasteiger partial charge on any atom is -0.365 e. The SMILES string of the molecule is CN(C)S(=O)(=O)c1cccc(CN2CCC(=O)Nc3ccccc32)c1. The van der Waals surface area contributed by atoms with Crippen LogP contribution in [0.3, 0.4) is 0 Å². The second-order valence-electron chi connectivity index (χ2n) is 6.17. The van der Waals surface area contributed by atoms with Crippen LogP contribution < -0.4 is 10.2 Å². The monoisotopic (exact) mass is 359 g/mol. The number of rotatable bonds is 4. The predicted molar refractivity (Wildman–Crippen MR) is 98.1 cm³/mol. The van der Waals surface area contributed by atoms with Crippen molar-refractivity contribution < 1.29 is 13.2 Å². The highest BCUT2D eigenvalue weighted by atomic mass is 32.2. The molecule has 0 spiro atoms. The molecule has 0 unspecified atom stereocenters. The number of benzene rings is 2. The summed E-state index contributed by atoms with van der Waals surface area (Å²) in [5.74, 6) is -0.0149. The van der Waals surface area contributed by atoms with Crippen LogP contribution in [0.4, 0.5) is 11.4 Å². The van der Waals surface area contributed by atoms with E-state index in [0.717, 1.165) is 16.9 Å². The highest BCUT2D eigenvalue weighted by Crippen LogP contribution is 2.30. The van der Waals surface area contributed by atoms with E-state index in [-0.39, 0.29) is 10.8 Å². The third kappa shape index (κ3) is 3.67. The molecule has 1 aliphatic heterocycles. The number of hydrogen-bond acceptors (Lipinski definition) is 4. The van der Waals surface area contributed by atoms with Gasteiger partial charge in [0, 0.05) is 33.6 Å². The van der Waals surface area contributed by atoms with E-state index in [4.69, 9.17) is 0 Å². The molecule has 3 rings (SSSR count). The summed E-state index contributed by atoms with van der Waals surface area (Å²) in [6.07, 6.45) is 0.393. The van der Waals surface area contributed by atoms with Gasteiger partial charge in [-0.25, -0.2) is 12.7 Å². The molecule has 7 heteroatoms. The van der Waals surface area contributed by atoms with Crippen molar-refractivity contribution in [3.8, 4) is 0 Å². The number of para-hydroxylation sites is 2. The second-order valence-corrected chi connectivity index (χ2v) is 8.32. The van der Waals surface area contributed by atoms with Gasteiger partial charge >= 0.3 is 0 Å². The summed E-state index contributed by atoms with van der Waals surface area (Å²) in [6, 6.07) is 14.6. The largest absolute Gasteiger partial charge is 0.365 e. The summed E-state index contributed by atoms with van der Waals surface area (Å²) < 4.78 is 25.9. The van der Waals surface area contributed by atoms with Gasteiger partial charge in [-0.15, -0.1) is 0 Å². The van der Waals surface area contributed by atoms with E-state index >= 15 is 0 Å². The maximum Gasteiger partial charge on any atom is 0.242 e. The highest BCUT2D eigenvalue weighted by molar-refractivity contribution is 7.89. The molecule has 0 bridgehead atoms. The van der Waals surface area contributed by atoms with Gasteiger partial charge in [0.15, 0.2) is 0 Å². The third-order valence-electron chi connectivity index (χ3n) is 4.18. The van der Waals surface area contributed by atoms with Crippen molar-refractivity contribution in [1.82, 2.24) is 4.31 Å². The van der Waals surface area contributed by atoms with Gasteiger partial charge in [-0.05, 0) is 29.8 Å². The number of nitrogens with zero attached hydrogens (tertiary/aromatic N) is 2. The molecule has 2 aromatic carbocycles. The van der Waals surface area contributed by atoms with E-state index in [9.17, 15) is 13.2 Å². The molecule has 1 aliphatic rings. The summed E-state index contributed by atoms with van der Waals surface area (Å²) in [5, 5.41) is 2.91. The fraction of sp³-hybridized carbons (Fsp3) is 0.278. The Hall–Kier alpha value is -2.38. The molecule has 1 amide bonds. The normalized spacial score (nSPS) is 14.8. The molecule has 6 nitrogen and oxygen atoms in total. The quantitative estimate of drug-likeness (QED) is 0.909. The van der Waals surface area contributed by atoms with Gasteiger partial charge in [0.1, 0.15) is 0 Å². The number of carbonyl (C=O) groups is 1. The molecule has 132 valence electrons. The second kappa shape index (κ2) is 6.85. The van der Waals surface area contributed by atoms with Crippen LogP contribution in [0, 0.1) is 0 Å². The predicted octanol–water partition coefficient (Wildman–Crippen LogP) is 2.29. The lowest BCUT2D eigenvalue weighted by Gasteiger charge is -2.24. The first-order valence-corrected chi connectivity index (χ1v) is 9.47. The van der Waals surface area contributed by atoms with Gasteiger partial charge in [0.25, 0.3) is 0 Å². The summed E-state index contributed by atoms with van der Waals surface area (Å²) in [6.45, 7) is 1.11. The van der Waals surface area contributed by atoms with E-state index in [1.165, 1.54) is 18.4 Å². The van der Waals surface area contributed by atoms with Gasteiger partial charge in [0.05, 0.1) is 16.3 Å². The van der Waals surface area contributed by atoms with Gasteiger partial charge in [-0.1, -0.05) is 24.3 Å². The standard InChI is InChI=1S/C18H21N3O3S/c1-20(2)25(23,24)15-7-5-6-14(12-15)13-21-11-10-18(22)19-16-8-3-4-9-17(16)21/h3-9,12H,10-11,13H2,1-2H3,(H,19,22). The molecular formula is C18H21N3O3S. The molecule has 25 heavy (non-hydrogen) atoms. The summed E-state index contributed by atoms with van der Waals surface area (Å²) in [4.78, 5) is 14.2. The Morgan fingerprint density at radius 3 is 2.64 bits per heavy atom. The first kappa shape index (κ1) is 17.4. The summed E-state index contributed by atoms with van der Waals surface area (Å²) in [7, 11) is -0.432. The minimum atomic E-state index is -3.47. The Kier molecular flexibility index (Phi) is 4.78. The molecule has 0 aliphatic carbocycles. The van der Waals surface area contributed by atoms with Crippen molar-refractivity contribution in [2.45, 2.75) is 17.9 Å². The Morgan fingerprint density at radius 1 is 1.12 bits per heavy atom. The number of hydrogen-bond donors (Lipinski definition) is 1. The molecule has 2 aromatic rings. The van der Waals surface area contributed by atoms with Crippen molar-refractivity contribution in [1.29, 1.82) is 0 Å².